The molecule has 132 valence electrons. The molecule has 1 heterocycles. The molecule has 0 bridgehead atoms. The van der Waals surface area contributed by atoms with Gasteiger partial charge in [0.05, 0.1) is 12.5 Å². The lowest BCUT2D eigenvalue weighted by Gasteiger charge is -2.32. The van der Waals surface area contributed by atoms with Gasteiger partial charge in [0.25, 0.3) is 0 Å². The van der Waals surface area contributed by atoms with Crippen LogP contribution in [0.15, 0.2) is 24.3 Å². The number of hydrogen-bond donors (Lipinski definition) is 1. The molecule has 1 amide bonds. The number of piperidine rings is 1. The number of likely N-dealkylation sites (tertiary alicyclic amines) is 1. The van der Waals surface area contributed by atoms with Crippen molar-refractivity contribution >= 4 is 11.9 Å². The van der Waals surface area contributed by atoms with E-state index in [1.54, 1.807) is 0 Å². The molecular formula is C19H27NO4. The molecule has 5 heteroatoms. The Labute approximate surface area is 143 Å². The maximum atomic E-state index is 12.6. The summed E-state index contributed by atoms with van der Waals surface area (Å²) in [7, 11) is 0. The number of aliphatic carboxylic acids is 1. The number of carboxylic acids is 1. The van der Waals surface area contributed by atoms with Gasteiger partial charge in [0, 0.05) is 19.5 Å². The molecule has 5 nitrogen and oxygen atoms in total. The Morgan fingerprint density at radius 1 is 1.38 bits per heavy atom. The lowest BCUT2D eigenvalue weighted by atomic mass is 9.93. The highest BCUT2D eigenvalue weighted by molar-refractivity contribution is 5.79. The average molecular weight is 333 g/mol. The first-order chi connectivity index (χ1) is 11.4. The van der Waals surface area contributed by atoms with E-state index in [-0.39, 0.29) is 18.4 Å². The van der Waals surface area contributed by atoms with Crippen LogP contribution in [0.3, 0.4) is 0 Å². The quantitative estimate of drug-likeness (QED) is 0.832. The van der Waals surface area contributed by atoms with Crippen LogP contribution in [0.2, 0.25) is 0 Å². The number of carbonyl (C=O) groups is 2. The van der Waals surface area contributed by atoms with Gasteiger partial charge in [-0.25, -0.2) is 0 Å². The van der Waals surface area contributed by atoms with Crippen LogP contribution in [0, 0.1) is 5.92 Å². The van der Waals surface area contributed by atoms with Crippen molar-refractivity contribution in [3.05, 3.63) is 29.8 Å². The molecule has 1 saturated heterocycles. The van der Waals surface area contributed by atoms with E-state index in [0.29, 0.717) is 25.3 Å². The van der Waals surface area contributed by atoms with E-state index in [1.807, 2.05) is 43.0 Å². The molecule has 1 aromatic rings. The van der Waals surface area contributed by atoms with Gasteiger partial charge >= 0.3 is 5.97 Å². The summed E-state index contributed by atoms with van der Waals surface area (Å²) in [4.78, 5) is 25.1. The fourth-order valence-corrected chi connectivity index (χ4v) is 3.14. The van der Waals surface area contributed by atoms with Crippen molar-refractivity contribution in [3.63, 3.8) is 0 Å². The van der Waals surface area contributed by atoms with Crippen LogP contribution >= 0.6 is 0 Å². The number of carboxylic acid groups (broad SMARTS) is 1. The summed E-state index contributed by atoms with van der Waals surface area (Å²) in [6, 6.07) is 7.67. The lowest BCUT2D eigenvalue weighted by Crippen LogP contribution is -2.40. The third-order valence-corrected chi connectivity index (χ3v) is 4.26. The van der Waals surface area contributed by atoms with Gasteiger partial charge in [-0.05, 0) is 56.7 Å². The van der Waals surface area contributed by atoms with Gasteiger partial charge in [-0.2, -0.15) is 0 Å². The second kappa shape index (κ2) is 8.71. The molecule has 2 rings (SSSR count). The van der Waals surface area contributed by atoms with Crippen molar-refractivity contribution in [2.75, 3.05) is 13.1 Å². The molecule has 1 atom stereocenters. The standard InChI is InChI=1S/C19H27NO4/c1-14(2)24-17-7-3-5-16(11-17)12-18(21)20-10-4-6-15(13-20)8-9-19(22)23/h3,5,7,11,14-15H,4,6,8-10,12-13H2,1-2H3,(H,22,23)/t15-/m0/s1. The third kappa shape index (κ3) is 5.87. The number of benzene rings is 1. The van der Waals surface area contributed by atoms with Crippen LogP contribution in [-0.2, 0) is 16.0 Å². The van der Waals surface area contributed by atoms with Crippen LogP contribution in [0.25, 0.3) is 0 Å². The molecule has 0 radical (unpaired) electrons. The van der Waals surface area contributed by atoms with E-state index >= 15 is 0 Å². The number of amides is 1. The molecule has 1 aliphatic heterocycles. The van der Waals surface area contributed by atoms with Crippen molar-refractivity contribution in [2.45, 2.75) is 52.1 Å². The van der Waals surface area contributed by atoms with Crippen molar-refractivity contribution < 1.29 is 19.4 Å². The Kier molecular flexibility index (Phi) is 6.64. The average Bonchev–Trinajstić information content (AvgIpc) is 2.53. The smallest absolute Gasteiger partial charge is 0.303 e. The minimum atomic E-state index is -0.764. The third-order valence-electron chi connectivity index (χ3n) is 4.26. The highest BCUT2D eigenvalue weighted by atomic mass is 16.5. The zero-order valence-corrected chi connectivity index (χ0v) is 14.5. The Balaban J connectivity index is 1.90. The van der Waals surface area contributed by atoms with Crippen LogP contribution in [0.5, 0.6) is 5.75 Å². The Morgan fingerprint density at radius 3 is 2.88 bits per heavy atom. The zero-order chi connectivity index (χ0) is 17.5. The summed E-state index contributed by atoms with van der Waals surface area (Å²) in [6.45, 7) is 5.39. The summed E-state index contributed by atoms with van der Waals surface area (Å²) in [5.41, 5.74) is 0.950. The van der Waals surface area contributed by atoms with Gasteiger partial charge < -0.3 is 14.7 Å². The van der Waals surface area contributed by atoms with Gasteiger partial charge in [-0.3, -0.25) is 9.59 Å². The van der Waals surface area contributed by atoms with Gasteiger partial charge in [0.2, 0.25) is 5.91 Å². The first-order valence-electron chi connectivity index (χ1n) is 8.69. The van der Waals surface area contributed by atoms with E-state index in [1.165, 1.54) is 0 Å². The van der Waals surface area contributed by atoms with Crippen molar-refractivity contribution in [3.8, 4) is 5.75 Å². The van der Waals surface area contributed by atoms with Crippen molar-refractivity contribution in [2.24, 2.45) is 5.92 Å². The Hall–Kier alpha value is -2.04. The number of rotatable bonds is 7. The monoisotopic (exact) mass is 333 g/mol. The van der Waals surface area contributed by atoms with E-state index < -0.39 is 5.97 Å². The summed E-state index contributed by atoms with van der Waals surface area (Å²) in [5, 5.41) is 8.81. The summed E-state index contributed by atoms with van der Waals surface area (Å²) in [5.74, 6) is 0.430. The second-order valence-corrected chi connectivity index (χ2v) is 6.77. The highest BCUT2D eigenvalue weighted by Gasteiger charge is 2.24. The Bertz CT molecular complexity index is 570. The topological polar surface area (TPSA) is 66.8 Å². The lowest BCUT2D eigenvalue weighted by molar-refractivity contribution is -0.137. The van der Waals surface area contributed by atoms with Gasteiger partial charge in [0.1, 0.15) is 5.75 Å². The van der Waals surface area contributed by atoms with Crippen LogP contribution in [-0.4, -0.2) is 41.1 Å². The molecule has 1 fully saturated rings. The SMILES string of the molecule is CC(C)Oc1cccc(CC(=O)N2CCC[C@@H](CCC(=O)O)C2)c1. The van der Waals surface area contributed by atoms with Gasteiger partial charge in [-0.15, -0.1) is 0 Å². The van der Waals surface area contributed by atoms with Gasteiger partial charge in [-0.1, -0.05) is 12.1 Å². The zero-order valence-electron chi connectivity index (χ0n) is 14.5. The van der Waals surface area contributed by atoms with Crippen LogP contribution < -0.4 is 4.74 Å². The summed E-state index contributed by atoms with van der Waals surface area (Å²) < 4.78 is 5.67. The van der Waals surface area contributed by atoms with Crippen LogP contribution in [0.4, 0.5) is 0 Å². The van der Waals surface area contributed by atoms with Crippen LogP contribution in [0.1, 0.15) is 45.1 Å². The molecule has 0 aromatic heterocycles. The van der Waals surface area contributed by atoms with Gasteiger partial charge in [0.15, 0.2) is 0 Å². The predicted molar refractivity (Wildman–Crippen MR) is 92.1 cm³/mol. The highest BCUT2D eigenvalue weighted by Crippen LogP contribution is 2.22. The fraction of sp³-hybridized carbons (Fsp3) is 0.579. The molecule has 0 unspecified atom stereocenters. The van der Waals surface area contributed by atoms with E-state index in [4.69, 9.17) is 9.84 Å². The molecule has 0 spiro atoms. The maximum Gasteiger partial charge on any atom is 0.303 e. The molecule has 1 aliphatic rings. The molecule has 24 heavy (non-hydrogen) atoms. The first-order valence-corrected chi connectivity index (χ1v) is 8.69. The number of hydrogen-bond acceptors (Lipinski definition) is 3. The van der Waals surface area contributed by atoms with Crippen molar-refractivity contribution in [1.82, 2.24) is 4.90 Å². The molecule has 0 saturated carbocycles. The molecular weight excluding hydrogens is 306 g/mol. The van der Waals surface area contributed by atoms with E-state index in [9.17, 15) is 9.59 Å². The second-order valence-electron chi connectivity index (χ2n) is 6.77. The molecule has 0 aliphatic carbocycles. The maximum absolute atomic E-state index is 12.6. The molecule has 1 aromatic carbocycles. The fourth-order valence-electron chi connectivity index (χ4n) is 3.14. The minimum Gasteiger partial charge on any atom is -0.491 e. The summed E-state index contributed by atoms with van der Waals surface area (Å²) >= 11 is 0. The normalized spacial score (nSPS) is 17.8. The number of carbonyl (C=O) groups excluding carboxylic acids is 1. The predicted octanol–water partition coefficient (Wildman–Crippen LogP) is 3.12. The Morgan fingerprint density at radius 2 is 2.17 bits per heavy atom. The molecule has 1 N–H and O–H groups in total. The van der Waals surface area contributed by atoms with Crippen molar-refractivity contribution in [1.29, 1.82) is 0 Å². The summed E-state index contributed by atoms with van der Waals surface area (Å²) in [6.07, 6.45) is 3.26. The van der Waals surface area contributed by atoms with E-state index in [2.05, 4.69) is 0 Å². The minimum absolute atomic E-state index is 0.105. The van der Waals surface area contributed by atoms with E-state index in [0.717, 1.165) is 30.7 Å². The largest absolute Gasteiger partial charge is 0.491 e. The number of nitrogens with zero attached hydrogens (tertiary/aromatic N) is 1. The number of ether oxygens (including phenoxy) is 1. The first kappa shape index (κ1) is 18.3.